The summed E-state index contributed by atoms with van der Waals surface area (Å²) in [6, 6.07) is 20.0. The van der Waals surface area contributed by atoms with E-state index in [-0.39, 0.29) is 10.5 Å². The van der Waals surface area contributed by atoms with Crippen molar-refractivity contribution in [2.75, 3.05) is 25.0 Å². The predicted molar refractivity (Wildman–Crippen MR) is 142 cm³/mol. The number of ether oxygens (including phenoxy) is 1. The van der Waals surface area contributed by atoms with Gasteiger partial charge in [-0.1, -0.05) is 30.3 Å². The van der Waals surface area contributed by atoms with Crippen LogP contribution >= 0.6 is 0 Å². The summed E-state index contributed by atoms with van der Waals surface area (Å²) in [6.07, 6.45) is 0.717. The van der Waals surface area contributed by atoms with Crippen molar-refractivity contribution in [2.24, 2.45) is 0 Å². The van der Waals surface area contributed by atoms with Crippen LogP contribution in [0, 0.1) is 0 Å². The van der Waals surface area contributed by atoms with Crippen molar-refractivity contribution in [3.8, 4) is 5.75 Å². The molecule has 0 saturated carbocycles. The van der Waals surface area contributed by atoms with Crippen LogP contribution in [0.1, 0.15) is 16.8 Å². The molecule has 12 heteroatoms. The maximum atomic E-state index is 12.5. The lowest BCUT2D eigenvalue weighted by Gasteiger charge is -2.16. The molecule has 3 aromatic carbocycles. The number of carbonyl (C=O) groups is 2. The van der Waals surface area contributed by atoms with Crippen molar-refractivity contribution < 1.29 is 27.9 Å². The molecule has 1 amide bonds. The molecule has 0 aliphatic rings. The fourth-order valence-corrected chi connectivity index (χ4v) is 4.75. The molecule has 1 atom stereocenters. The normalized spacial score (nSPS) is 12.1. The Morgan fingerprint density at radius 3 is 2.39 bits per heavy atom. The summed E-state index contributed by atoms with van der Waals surface area (Å²) in [5, 5.41) is 15.1. The second-order valence-electron chi connectivity index (χ2n) is 8.29. The quantitative estimate of drug-likeness (QED) is 0.163. The molecule has 0 bridgehead atoms. The van der Waals surface area contributed by atoms with Crippen LogP contribution in [-0.4, -0.2) is 61.1 Å². The zero-order chi connectivity index (χ0) is 27.0. The number of rotatable bonds is 13. The van der Waals surface area contributed by atoms with Crippen LogP contribution in [0.5, 0.6) is 5.75 Å². The Morgan fingerprint density at radius 1 is 0.974 bits per heavy atom. The van der Waals surface area contributed by atoms with E-state index >= 15 is 0 Å². The lowest BCUT2D eigenvalue weighted by molar-refractivity contribution is -0.138. The first-order valence-corrected chi connectivity index (χ1v) is 13.3. The SMILES string of the molecule is O=C(NC[C@H](NS(=O)(=O)c1ccccc1)C(=O)O)c1ccc(OCCCNc2nc3ccccc3[nH]2)cc1. The van der Waals surface area contributed by atoms with Gasteiger partial charge < -0.3 is 25.5 Å². The number of anilines is 1. The zero-order valence-electron chi connectivity index (χ0n) is 20.3. The van der Waals surface area contributed by atoms with Gasteiger partial charge in [-0.05, 0) is 55.0 Å². The molecule has 11 nitrogen and oxygen atoms in total. The molecule has 198 valence electrons. The lowest BCUT2D eigenvalue weighted by atomic mass is 10.2. The van der Waals surface area contributed by atoms with Crippen LogP contribution in [-0.2, 0) is 14.8 Å². The Bertz CT molecular complexity index is 1460. The monoisotopic (exact) mass is 537 g/mol. The Balaban J connectivity index is 1.21. The van der Waals surface area contributed by atoms with E-state index in [4.69, 9.17) is 4.74 Å². The number of nitrogens with zero attached hydrogens (tertiary/aromatic N) is 1. The van der Waals surface area contributed by atoms with Crippen molar-refractivity contribution in [3.05, 3.63) is 84.4 Å². The van der Waals surface area contributed by atoms with Gasteiger partial charge in [-0.3, -0.25) is 9.59 Å². The average molecular weight is 538 g/mol. The first kappa shape index (κ1) is 26.6. The number of amides is 1. The number of aliphatic carboxylic acids is 1. The summed E-state index contributed by atoms with van der Waals surface area (Å²) in [6.45, 7) is 0.663. The highest BCUT2D eigenvalue weighted by Crippen LogP contribution is 2.15. The number of nitrogens with one attached hydrogen (secondary N) is 4. The number of hydrogen-bond donors (Lipinski definition) is 5. The van der Waals surface area contributed by atoms with E-state index in [0.29, 0.717) is 24.8 Å². The number of imidazole rings is 1. The van der Waals surface area contributed by atoms with Gasteiger partial charge >= 0.3 is 5.97 Å². The minimum atomic E-state index is -4.07. The highest BCUT2D eigenvalue weighted by molar-refractivity contribution is 7.89. The van der Waals surface area contributed by atoms with Gasteiger partial charge in [-0.25, -0.2) is 13.4 Å². The van der Waals surface area contributed by atoms with Crippen molar-refractivity contribution in [2.45, 2.75) is 17.4 Å². The van der Waals surface area contributed by atoms with Crippen LogP contribution in [0.4, 0.5) is 5.95 Å². The van der Waals surface area contributed by atoms with Gasteiger partial charge in [-0.2, -0.15) is 4.72 Å². The average Bonchev–Trinajstić information content (AvgIpc) is 3.34. The van der Waals surface area contributed by atoms with Crippen molar-refractivity contribution in [3.63, 3.8) is 0 Å². The molecular weight excluding hydrogens is 510 g/mol. The predicted octanol–water partition coefficient (Wildman–Crippen LogP) is 2.61. The molecule has 0 unspecified atom stereocenters. The molecule has 38 heavy (non-hydrogen) atoms. The zero-order valence-corrected chi connectivity index (χ0v) is 21.1. The van der Waals surface area contributed by atoms with E-state index in [0.717, 1.165) is 17.5 Å². The molecule has 0 aliphatic heterocycles. The van der Waals surface area contributed by atoms with Crippen LogP contribution in [0.2, 0.25) is 0 Å². The van der Waals surface area contributed by atoms with Crippen LogP contribution in [0.25, 0.3) is 11.0 Å². The van der Waals surface area contributed by atoms with Gasteiger partial charge in [0.05, 0.1) is 22.5 Å². The number of aromatic amines is 1. The number of H-pyrrole nitrogens is 1. The van der Waals surface area contributed by atoms with Crippen LogP contribution < -0.4 is 20.1 Å². The Morgan fingerprint density at radius 2 is 1.68 bits per heavy atom. The number of carboxylic acids is 1. The van der Waals surface area contributed by atoms with Gasteiger partial charge in [0.15, 0.2) is 0 Å². The number of fused-ring (bicyclic) bond motifs is 1. The molecule has 0 fully saturated rings. The molecule has 0 spiro atoms. The third kappa shape index (κ3) is 7.08. The lowest BCUT2D eigenvalue weighted by Crippen LogP contribution is -2.48. The van der Waals surface area contributed by atoms with Gasteiger partial charge in [0.1, 0.15) is 11.8 Å². The highest BCUT2D eigenvalue weighted by Gasteiger charge is 2.26. The molecule has 4 aromatic rings. The number of carboxylic acid groups (broad SMARTS) is 1. The molecule has 0 saturated heterocycles. The molecular formula is C26H27N5O6S. The smallest absolute Gasteiger partial charge is 0.323 e. The van der Waals surface area contributed by atoms with Crippen LogP contribution in [0.15, 0.2) is 83.8 Å². The third-order valence-electron chi connectivity index (χ3n) is 5.50. The number of sulfonamides is 1. The third-order valence-corrected chi connectivity index (χ3v) is 6.99. The van der Waals surface area contributed by atoms with Crippen LogP contribution in [0.3, 0.4) is 0 Å². The van der Waals surface area contributed by atoms with Crippen molar-refractivity contribution in [1.29, 1.82) is 0 Å². The number of benzene rings is 3. The maximum Gasteiger partial charge on any atom is 0.323 e. The molecule has 1 aromatic heterocycles. The Hall–Kier alpha value is -4.42. The molecule has 4 rings (SSSR count). The van der Waals surface area contributed by atoms with Gasteiger partial charge in [-0.15, -0.1) is 0 Å². The van der Waals surface area contributed by atoms with E-state index < -0.39 is 34.5 Å². The fraction of sp³-hybridized carbons (Fsp3) is 0.192. The Labute approximate surface area is 219 Å². The summed E-state index contributed by atoms with van der Waals surface area (Å²) < 4.78 is 32.7. The van der Waals surface area contributed by atoms with E-state index in [1.807, 2.05) is 24.3 Å². The minimum absolute atomic E-state index is 0.0709. The Kier molecular flexibility index (Phi) is 8.56. The number of aromatic nitrogens is 2. The number of para-hydroxylation sites is 2. The van der Waals surface area contributed by atoms with Gasteiger partial charge in [0, 0.05) is 18.7 Å². The standard InChI is InChI=1S/C26H27N5O6S/c32-24(28-17-23(25(33)34)31-38(35,36)20-7-2-1-3-8-20)18-11-13-19(14-12-18)37-16-6-15-27-26-29-21-9-4-5-10-22(21)30-26/h1-5,7-14,23,31H,6,15-17H2,(H,28,32)(H,33,34)(H2,27,29,30)/t23-/m0/s1. The number of carbonyl (C=O) groups excluding carboxylic acids is 1. The number of hydrogen-bond acceptors (Lipinski definition) is 7. The van der Waals surface area contributed by atoms with Crippen molar-refractivity contribution >= 4 is 38.9 Å². The van der Waals surface area contributed by atoms with E-state index in [1.165, 1.54) is 24.3 Å². The first-order valence-electron chi connectivity index (χ1n) is 11.8. The second kappa shape index (κ2) is 12.2. The summed E-state index contributed by atoms with van der Waals surface area (Å²) >= 11 is 0. The molecule has 1 heterocycles. The van der Waals surface area contributed by atoms with E-state index in [2.05, 4.69) is 25.3 Å². The molecule has 0 aliphatic carbocycles. The summed E-state index contributed by atoms with van der Waals surface area (Å²) in [5.41, 5.74) is 2.13. The summed E-state index contributed by atoms with van der Waals surface area (Å²) in [4.78, 5) is 31.6. The maximum absolute atomic E-state index is 12.5. The highest BCUT2D eigenvalue weighted by atomic mass is 32.2. The van der Waals surface area contributed by atoms with E-state index in [9.17, 15) is 23.1 Å². The topological polar surface area (TPSA) is 163 Å². The molecule has 0 radical (unpaired) electrons. The van der Waals surface area contributed by atoms with Gasteiger partial charge in [0.25, 0.3) is 5.91 Å². The fourth-order valence-electron chi connectivity index (χ4n) is 3.54. The first-order chi connectivity index (χ1) is 18.3. The minimum Gasteiger partial charge on any atom is -0.494 e. The van der Waals surface area contributed by atoms with Crippen molar-refractivity contribution in [1.82, 2.24) is 20.0 Å². The largest absolute Gasteiger partial charge is 0.494 e. The summed E-state index contributed by atoms with van der Waals surface area (Å²) in [5.74, 6) is -0.691. The van der Waals surface area contributed by atoms with Gasteiger partial charge in [0.2, 0.25) is 16.0 Å². The van der Waals surface area contributed by atoms with E-state index in [1.54, 1.807) is 30.3 Å². The second-order valence-corrected chi connectivity index (χ2v) is 10.0. The molecule has 5 N–H and O–H groups in total. The summed E-state index contributed by atoms with van der Waals surface area (Å²) in [7, 11) is -4.07.